The highest BCUT2D eigenvalue weighted by Gasteiger charge is 2.20. The number of benzene rings is 2. The van der Waals surface area contributed by atoms with Crippen LogP contribution >= 0.6 is 0 Å². The zero-order valence-corrected chi connectivity index (χ0v) is 16.9. The molecular formula is C26H19N3O2. The van der Waals surface area contributed by atoms with Crippen LogP contribution in [0, 0.1) is 0 Å². The zero-order valence-electron chi connectivity index (χ0n) is 16.9. The van der Waals surface area contributed by atoms with E-state index >= 15 is 0 Å². The second kappa shape index (κ2) is 7.54. The first kappa shape index (κ1) is 18.8. The van der Waals surface area contributed by atoms with Crippen LogP contribution < -0.4 is 10.3 Å². The molecule has 0 radical (unpaired) electrons. The lowest BCUT2D eigenvalue weighted by molar-refractivity contribution is 0.413. The van der Waals surface area contributed by atoms with Crippen molar-refractivity contribution in [2.45, 2.75) is 0 Å². The number of hydrogen-bond donors (Lipinski definition) is 0. The molecule has 0 aliphatic rings. The number of rotatable bonds is 4. The second-order valence-corrected chi connectivity index (χ2v) is 7.16. The molecule has 5 aromatic rings. The third-order valence-corrected chi connectivity index (χ3v) is 5.35. The Bertz CT molecular complexity index is 1520. The third-order valence-electron chi connectivity index (χ3n) is 5.35. The Balaban J connectivity index is 1.83. The molecule has 5 heteroatoms. The number of ether oxygens (including phenoxy) is 1. The topological polar surface area (TPSA) is 56.5 Å². The maximum absolute atomic E-state index is 13.6. The van der Waals surface area contributed by atoms with Crippen molar-refractivity contribution >= 4 is 22.1 Å². The summed E-state index contributed by atoms with van der Waals surface area (Å²) in [5.41, 5.74) is 4.37. The van der Waals surface area contributed by atoms with Crippen molar-refractivity contribution in [3.8, 4) is 16.9 Å². The van der Waals surface area contributed by atoms with Gasteiger partial charge in [-0.3, -0.25) is 14.2 Å². The predicted molar refractivity (Wildman–Crippen MR) is 123 cm³/mol. The van der Waals surface area contributed by atoms with Crippen LogP contribution in [0.5, 0.6) is 5.75 Å². The average Bonchev–Trinajstić information content (AvgIpc) is 2.83. The van der Waals surface area contributed by atoms with E-state index in [-0.39, 0.29) is 5.56 Å². The maximum atomic E-state index is 13.6. The number of aromatic nitrogens is 3. The highest BCUT2D eigenvalue weighted by Crippen LogP contribution is 2.33. The van der Waals surface area contributed by atoms with Crippen molar-refractivity contribution < 1.29 is 4.74 Å². The van der Waals surface area contributed by atoms with Gasteiger partial charge in [-0.15, -0.1) is 0 Å². The van der Waals surface area contributed by atoms with E-state index in [1.807, 2.05) is 72.8 Å². The molecular weight excluding hydrogens is 386 g/mol. The maximum Gasteiger partial charge on any atom is 0.266 e. The van der Waals surface area contributed by atoms with Gasteiger partial charge in [0, 0.05) is 28.9 Å². The number of para-hydroxylation sites is 1. The fourth-order valence-corrected chi connectivity index (χ4v) is 3.81. The molecule has 0 fully saturated rings. The molecule has 2 aromatic carbocycles. The van der Waals surface area contributed by atoms with E-state index in [1.165, 1.54) is 0 Å². The molecule has 3 heterocycles. The fourth-order valence-electron chi connectivity index (χ4n) is 3.81. The smallest absolute Gasteiger partial charge is 0.266 e. The van der Waals surface area contributed by atoms with Gasteiger partial charge in [0.05, 0.1) is 23.9 Å². The van der Waals surface area contributed by atoms with Gasteiger partial charge in [0.1, 0.15) is 11.4 Å². The van der Waals surface area contributed by atoms with Crippen LogP contribution in [0.25, 0.3) is 33.3 Å². The normalized spacial score (nSPS) is 11.0. The van der Waals surface area contributed by atoms with Gasteiger partial charge in [0.25, 0.3) is 5.56 Å². The molecule has 0 amide bonds. The summed E-state index contributed by atoms with van der Waals surface area (Å²) in [4.78, 5) is 22.9. The summed E-state index contributed by atoms with van der Waals surface area (Å²) in [6.45, 7) is 4.29. The Kier molecular flexibility index (Phi) is 4.56. The molecule has 0 saturated carbocycles. The van der Waals surface area contributed by atoms with Crippen molar-refractivity contribution in [3.05, 3.63) is 113 Å². The van der Waals surface area contributed by atoms with Gasteiger partial charge in [-0.2, -0.15) is 0 Å². The summed E-state index contributed by atoms with van der Waals surface area (Å²) in [7, 11) is 1.62. The molecule has 0 atom stereocenters. The van der Waals surface area contributed by atoms with E-state index in [0.717, 1.165) is 22.0 Å². The van der Waals surface area contributed by atoms with Gasteiger partial charge in [-0.25, -0.2) is 4.98 Å². The van der Waals surface area contributed by atoms with E-state index in [2.05, 4.69) is 11.6 Å². The summed E-state index contributed by atoms with van der Waals surface area (Å²) in [6, 6.07) is 22.8. The first-order valence-electron chi connectivity index (χ1n) is 9.86. The first-order chi connectivity index (χ1) is 15.2. The molecule has 150 valence electrons. The van der Waals surface area contributed by atoms with E-state index in [4.69, 9.17) is 9.72 Å². The van der Waals surface area contributed by atoms with Gasteiger partial charge in [-0.05, 0) is 35.9 Å². The summed E-state index contributed by atoms with van der Waals surface area (Å²) in [5.74, 6) is 0.675. The number of hydrogen-bond acceptors (Lipinski definition) is 4. The molecule has 5 nitrogen and oxygen atoms in total. The minimum atomic E-state index is -0.160. The zero-order chi connectivity index (χ0) is 21.4. The molecule has 0 spiro atoms. The van der Waals surface area contributed by atoms with Crippen LogP contribution in [0.15, 0.2) is 96.6 Å². The molecule has 0 aliphatic carbocycles. The quantitative estimate of drug-likeness (QED) is 0.423. The van der Waals surface area contributed by atoms with Gasteiger partial charge in [0.2, 0.25) is 0 Å². The van der Waals surface area contributed by atoms with E-state index in [1.54, 1.807) is 23.9 Å². The molecule has 3 aromatic heterocycles. The SMILES string of the molecule is C=C(c1ccccc1OC)c1nc2ccccn2c(=O)c1-c1ccc2cccnc2c1. The largest absolute Gasteiger partial charge is 0.496 e. The van der Waals surface area contributed by atoms with Gasteiger partial charge < -0.3 is 4.74 Å². The summed E-state index contributed by atoms with van der Waals surface area (Å²) in [5, 5.41) is 1.00. The van der Waals surface area contributed by atoms with E-state index < -0.39 is 0 Å². The molecule has 5 rings (SSSR count). The summed E-state index contributed by atoms with van der Waals surface area (Å²) >= 11 is 0. The van der Waals surface area contributed by atoms with Crippen molar-refractivity contribution in [2.24, 2.45) is 0 Å². The Labute approximate surface area is 178 Å². The van der Waals surface area contributed by atoms with Crippen molar-refractivity contribution in [2.75, 3.05) is 7.11 Å². The minimum Gasteiger partial charge on any atom is -0.496 e. The van der Waals surface area contributed by atoms with Crippen LogP contribution in [0.2, 0.25) is 0 Å². The Hall–Kier alpha value is -4.25. The molecule has 31 heavy (non-hydrogen) atoms. The Morgan fingerprint density at radius 2 is 1.84 bits per heavy atom. The van der Waals surface area contributed by atoms with Crippen molar-refractivity contribution in [1.29, 1.82) is 0 Å². The highest BCUT2D eigenvalue weighted by molar-refractivity contribution is 5.91. The van der Waals surface area contributed by atoms with Crippen LogP contribution in [0.3, 0.4) is 0 Å². The summed E-state index contributed by atoms with van der Waals surface area (Å²) < 4.78 is 7.08. The minimum absolute atomic E-state index is 0.160. The standard InChI is InChI=1S/C26H19N3O2/c1-17(20-9-3-4-10-22(20)31-2)25-24(26(30)29-15-6-5-11-23(29)28-25)19-13-12-18-8-7-14-27-21(18)16-19/h3-16H,1H2,2H3. The lowest BCUT2D eigenvalue weighted by atomic mass is 9.95. The van der Waals surface area contributed by atoms with Crippen LogP contribution in [0.4, 0.5) is 0 Å². The lowest BCUT2D eigenvalue weighted by Gasteiger charge is -2.15. The van der Waals surface area contributed by atoms with Gasteiger partial charge in [-0.1, -0.05) is 49.0 Å². The average molecular weight is 405 g/mol. The van der Waals surface area contributed by atoms with Crippen molar-refractivity contribution in [1.82, 2.24) is 14.4 Å². The van der Waals surface area contributed by atoms with Crippen LogP contribution in [-0.4, -0.2) is 21.5 Å². The molecule has 0 bridgehead atoms. The number of nitrogens with zero attached hydrogens (tertiary/aromatic N) is 3. The number of pyridine rings is 2. The van der Waals surface area contributed by atoms with Crippen molar-refractivity contribution in [3.63, 3.8) is 0 Å². The monoisotopic (exact) mass is 405 g/mol. The van der Waals surface area contributed by atoms with Gasteiger partial charge >= 0.3 is 0 Å². The molecule has 0 unspecified atom stereocenters. The first-order valence-corrected chi connectivity index (χ1v) is 9.86. The Morgan fingerprint density at radius 3 is 2.71 bits per heavy atom. The predicted octanol–water partition coefficient (Wildman–Crippen LogP) is 4.98. The Morgan fingerprint density at radius 1 is 1.00 bits per heavy atom. The number of fused-ring (bicyclic) bond motifs is 2. The number of methoxy groups -OCH3 is 1. The van der Waals surface area contributed by atoms with E-state index in [9.17, 15) is 4.79 Å². The molecule has 0 aliphatic heterocycles. The van der Waals surface area contributed by atoms with Crippen LogP contribution in [-0.2, 0) is 0 Å². The third kappa shape index (κ3) is 3.16. The van der Waals surface area contributed by atoms with Gasteiger partial charge in [0.15, 0.2) is 0 Å². The van der Waals surface area contributed by atoms with Crippen LogP contribution in [0.1, 0.15) is 11.3 Å². The van der Waals surface area contributed by atoms with E-state index in [0.29, 0.717) is 28.2 Å². The molecule has 0 N–H and O–H groups in total. The summed E-state index contributed by atoms with van der Waals surface area (Å²) in [6.07, 6.45) is 3.47. The second-order valence-electron chi connectivity index (χ2n) is 7.16. The molecule has 0 saturated heterocycles. The fraction of sp³-hybridized carbons (Fsp3) is 0.0385. The lowest BCUT2D eigenvalue weighted by Crippen LogP contribution is -2.19. The highest BCUT2D eigenvalue weighted by atomic mass is 16.5.